The lowest BCUT2D eigenvalue weighted by Crippen LogP contribution is -2.38. The van der Waals surface area contributed by atoms with Crippen LogP contribution in [0.3, 0.4) is 0 Å². The van der Waals surface area contributed by atoms with Crippen molar-refractivity contribution in [2.24, 2.45) is 0 Å². The van der Waals surface area contributed by atoms with Crippen molar-refractivity contribution in [2.45, 2.75) is 38.3 Å². The third-order valence-corrected chi connectivity index (χ3v) is 4.13. The summed E-state index contributed by atoms with van der Waals surface area (Å²) in [6, 6.07) is -0.698. The number of hydrogen-bond donors (Lipinski definition) is 1. The lowest BCUT2D eigenvalue weighted by molar-refractivity contribution is -0.142. The van der Waals surface area contributed by atoms with Crippen molar-refractivity contribution in [2.75, 3.05) is 20.1 Å². The number of halogens is 1. The summed E-state index contributed by atoms with van der Waals surface area (Å²) in [5.41, 5.74) is 2.42. The molecule has 2 aliphatic heterocycles. The van der Waals surface area contributed by atoms with E-state index in [1.165, 1.54) is 11.3 Å². The van der Waals surface area contributed by atoms with E-state index in [9.17, 15) is 9.18 Å². The molecule has 6 nitrogen and oxygen atoms in total. The van der Waals surface area contributed by atoms with Crippen LogP contribution >= 0.6 is 0 Å². The molecule has 2 atom stereocenters. The van der Waals surface area contributed by atoms with E-state index in [2.05, 4.69) is 17.0 Å². The third-order valence-electron chi connectivity index (χ3n) is 4.13. The van der Waals surface area contributed by atoms with Gasteiger partial charge in [-0.3, -0.25) is 19.3 Å². The Kier molecular flexibility index (Phi) is 3.47. The Morgan fingerprint density at radius 2 is 2.30 bits per heavy atom. The number of fused-ring (bicyclic) bond motifs is 1. The van der Waals surface area contributed by atoms with E-state index < -0.39 is 18.2 Å². The Hall–Kier alpha value is -1.47. The maximum atomic E-state index is 13.4. The summed E-state index contributed by atoms with van der Waals surface area (Å²) in [5, 5.41) is 13.5. The average Bonchev–Trinajstić information content (AvgIpc) is 3.01. The Balaban J connectivity index is 1.64. The second kappa shape index (κ2) is 5.14. The largest absolute Gasteiger partial charge is 0.480 e. The first-order chi connectivity index (χ1) is 9.54. The van der Waals surface area contributed by atoms with Crippen molar-refractivity contribution in [3.8, 4) is 0 Å². The van der Waals surface area contributed by atoms with Gasteiger partial charge in [0.05, 0.1) is 18.4 Å². The molecule has 20 heavy (non-hydrogen) atoms. The van der Waals surface area contributed by atoms with Gasteiger partial charge < -0.3 is 5.11 Å². The van der Waals surface area contributed by atoms with Crippen LogP contribution in [0, 0.1) is 0 Å². The molecule has 0 saturated carbocycles. The molecule has 1 saturated heterocycles. The summed E-state index contributed by atoms with van der Waals surface area (Å²) in [6.07, 6.45) is 0.927. The fourth-order valence-corrected chi connectivity index (χ4v) is 3.13. The fourth-order valence-electron chi connectivity index (χ4n) is 3.13. The first-order valence-electron chi connectivity index (χ1n) is 6.87. The molecule has 0 radical (unpaired) electrons. The molecule has 0 amide bonds. The number of likely N-dealkylation sites (tertiary alicyclic amines) is 1. The van der Waals surface area contributed by atoms with Crippen LogP contribution in [0.5, 0.6) is 0 Å². The first-order valence-corrected chi connectivity index (χ1v) is 6.87. The summed E-state index contributed by atoms with van der Waals surface area (Å²) in [6.45, 7) is 3.11. The number of carboxylic acid groups (broad SMARTS) is 1. The highest BCUT2D eigenvalue weighted by molar-refractivity contribution is 5.74. The molecular formula is C13H19FN4O2. The highest BCUT2D eigenvalue weighted by Gasteiger charge is 2.36. The van der Waals surface area contributed by atoms with Crippen LogP contribution in [0.4, 0.5) is 4.39 Å². The Morgan fingerprint density at radius 3 is 3.05 bits per heavy atom. The molecule has 2 aliphatic rings. The zero-order valence-electron chi connectivity index (χ0n) is 11.5. The van der Waals surface area contributed by atoms with E-state index in [1.807, 2.05) is 10.9 Å². The molecule has 3 rings (SSSR count). The Labute approximate surface area is 116 Å². The molecule has 3 heterocycles. The minimum Gasteiger partial charge on any atom is -0.480 e. The molecule has 0 aromatic carbocycles. The topological polar surface area (TPSA) is 61.6 Å². The van der Waals surface area contributed by atoms with E-state index in [4.69, 9.17) is 5.11 Å². The average molecular weight is 282 g/mol. The highest BCUT2D eigenvalue weighted by atomic mass is 19.1. The van der Waals surface area contributed by atoms with Crippen molar-refractivity contribution in [3.63, 3.8) is 0 Å². The van der Waals surface area contributed by atoms with E-state index in [0.717, 1.165) is 13.1 Å². The van der Waals surface area contributed by atoms with Gasteiger partial charge in [0, 0.05) is 38.2 Å². The van der Waals surface area contributed by atoms with Crippen molar-refractivity contribution >= 4 is 5.97 Å². The predicted octanol–water partition coefficient (Wildman–Crippen LogP) is 0.325. The number of nitrogens with zero attached hydrogens (tertiary/aromatic N) is 4. The molecule has 0 spiro atoms. The van der Waals surface area contributed by atoms with Crippen LogP contribution in [0.15, 0.2) is 6.20 Å². The van der Waals surface area contributed by atoms with Gasteiger partial charge in [-0.15, -0.1) is 0 Å². The van der Waals surface area contributed by atoms with Crippen molar-refractivity contribution < 1.29 is 14.3 Å². The number of aromatic nitrogens is 2. The zero-order valence-corrected chi connectivity index (χ0v) is 11.5. The first kappa shape index (κ1) is 13.5. The van der Waals surface area contributed by atoms with E-state index in [-0.39, 0.29) is 13.0 Å². The number of alkyl halides is 1. The van der Waals surface area contributed by atoms with Gasteiger partial charge in [-0.2, -0.15) is 5.10 Å². The van der Waals surface area contributed by atoms with Gasteiger partial charge in [-0.1, -0.05) is 0 Å². The monoisotopic (exact) mass is 282 g/mol. The minimum absolute atomic E-state index is 0.0925. The highest BCUT2D eigenvalue weighted by Crippen LogP contribution is 2.23. The molecule has 0 aliphatic carbocycles. The van der Waals surface area contributed by atoms with Gasteiger partial charge in [-0.05, 0) is 7.05 Å². The van der Waals surface area contributed by atoms with Gasteiger partial charge >= 0.3 is 5.97 Å². The van der Waals surface area contributed by atoms with E-state index in [1.54, 1.807) is 4.90 Å². The van der Waals surface area contributed by atoms with Crippen LogP contribution in [-0.4, -0.2) is 63.0 Å². The van der Waals surface area contributed by atoms with Crippen LogP contribution in [0.1, 0.15) is 17.7 Å². The van der Waals surface area contributed by atoms with E-state index >= 15 is 0 Å². The normalized spacial score (nSPS) is 27.1. The molecular weight excluding hydrogens is 263 g/mol. The Bertz CT molecular complexity index is 518. The van der Waals surface area contributed by atoms with Gasteiger partial charge in [0.2, 0.25) is 0 Å². The fraction of sp³-hybridized carbons (Fsp3) is 0.692. The van der Waals surface area contributed by atoms with E-state index in [0.29, 0.717) is 13.1 Å². The summed E-state index contributed by atoms with van der Waals surface area (Å²) < 4.78 is 15.3. The molecule has 1 fully saturated rings. The van der Waals surface area contributed by atoms with Crippen LogP contribution < -0.4 is 0 Å². The van der Waals surface area contributed by atoms with Crippen molar-refractivity contribution in [1.29, 1.82) is 0 Å². The van der Waals surface area contributed by atoms with Crippen LogP contribution in [0.25, 0.3) is 0 Å². The number of carbonyl (C=O) groups is 1. The molecule has 7 heteroatoms. The lowest BCUT2D eigenvalue weighted by Gasteiger charge is -2.20. The summed E-state index contributed by atoms with van der Waals surface area (Å²) in [5.74, 6) is -0.935. The van der Waals surface area contributed by atoms with Gasteiger partial charge in [0.25, 0.3) is 0 Å². The SMILES string of the molecule is CN1Cc2cnn(CCN3CC(F)CC3C(=O)O)c2C1. The third kappa shape index (κ3) is 2.43. The molecule has 1 aromatic heterocycles. The molecule has 110 valence electrons. The second-order valence-corrected chi connectivity index (χ2v) is 5.69. The quantitative estimate of drug-likeness (QED) is 0.862. The number of rotatable bonds is 4. The Morgan fingerprint density at radius 1 is 1.50 bits per heavy atom. The van der Waals surface area contributed by atoms with Crippen LogP contribution in [0.2, 0.25) is 0 Å². The summed E-state index contributed by atoms with van der Waals surface area (Å²) in [4.78, 5) is 15.0. The summed E-state index contributed by atoms with van der Waals surface area (Å²) >= 11 is 0. The summed E-state index contributed by atoms with van der Waals surface area (Å²) in [7, 11) is 2.05. The predicted molar refractivity (Wildman–Crippen MR) is 69.9 cm³/mol. The molecule has 1 aromatic rings. The minimum atomic E-state index is -1.04. The standard InChI is InChI=1S/C13H19FN4O2/c1-16-6-9-5-15-18(12(9)8-16)3-2-17-7-10(14)4-11(17)13(19)20/h5,10-11H,2-4,6-8H2,1H3,(H,19,20). The molecule has 0 bridgehead atoms. The number of hydrogen-bond acceptors (Lipinski definition) is 4. The maximum absolute atomic E-state index is 13.4. The maximum Gasteiger partial charge on any atom is 0.321 e. The lowest BCUT2D eigenvalue weighted by atomic mass is 10.2. The molecule has 2 unspecified atom stereocenters. The smallest absolute Gasteiger partial charge is 0.321 e. The zero-order chi connectivity index (χ0) is 14.3. The molecule has 1 N–H and O–H groups in total. The van der Waals surface area contributed by atoms with Crippen molar-refractivity contribution in [3.05, 3.63) is 17.5 Å². The second-order valence-electron chi connectivity index (χ2n) is 5.69. The number of aliphatic carboxylic acids is 1. The van der Waals surface area contributed by atoms with Crippen LogP contribution in [-0.2, 0) is 24.4 Å². The van der Waals surface area contributed by atoms with Crippen molar-refractivity contribution in [1.82, 2.24) is 19.6 Å². The van der Waals surface area contributed by atoms with Gasteiger partial charge in [0.15, 0.2) is 0 Å². The van der Waals surface area contributed by atoms with Gasteiger partial charge in [-0.25, -0.2) is 4.39 Å². The van der Waals surface area contributed by atoms with Gasteiger partial charge in [0.1, 0.15) is 12.2 Å². The number of carboxylic acids is 1.